The van der Waals surface area contributed by atoms with Crippen molar-refractivity contribution in [3.63, 3.8) is 0 Å². The molecule has 7 nitrogen and oxygen atoms in total. The van der Waals surface area contributed by atoms with Crippen LogP contribution in [0.5, 0.6) is 0 Å². The molecule has 1 atom stereocenters. The molecular weight excluding hydrogens is 370 g/mol. The van der Waals surface area contributed by atoms with Gasteiger partial charge in [-0.05, 0) is 37.7 Å². The second kappa shape index (κ2) is 7.34. The summed E-state index contributed by atoms with van der Waals surface area (Å²) in [5.41, 5.74) is 1.23. The number of hydrogen-bond donors (Lipinski definition) is 1. The lowest BCUT2D eigenvalue weighted by atomic mass is 9.88. The van der Waals surface area contributed by atoms with Crippen LogP contribution in [0, 0.1) is 5.92 Å². The number of cyclic esters (lactones) is 2. The molecule has 1 aliphatic carbocycles. The maximum Gasteiger partial charge on any atom is 0.350 e. The van der Waals surface area contributed by atoms with E-state index in [-0.39, 0.29) is 12.2 Å². The number of anilines is 1. The number of carbonyl (C=O) groups is 3. The molecule has 1 aliphatic heterocycles. The van der Waals surface area contributed by atoms with E-state index in [1.807, 2.05) is 0 Å². The van der Waals surface area contributed by atoms with Crippen LogP contribution in [0.4, 0.5) is 5.00 Å². The highest BCUT2D eigenvalue weighted by atomic mass is 32.1. The molecule has 2 aliphatic rings. The van der Waals surface area contributed by atoms with E-state index in [0.29, 0.717) is 16.5 Å². The van der Waals surface area contributed by atoms with Crippen LogP contribution in [0.15, 0.2) is 11.8 Å². The molecule has 8 heteroatoms. The Bertz CT molecular complexity index is 800. The average Bonchev–Trinajstić information content (AvgIpc) is 2.90. The van der Waals surface area contributed by atoms with Gasteiger partial charge in [0.05, 0.1) is 12.2 Å². The number of rotatable bonds is 4. The van der Waals surface area contributed by atoms with Gasteiger partial charge in [0.1, 0.15) is 5.00 Å². The topological polar surface area (TPSA) is 90.9 Å². The van der Waals surface area contributed by atoms with E-state index in [1.54, 1.807) is 6.92 Å². The fraction of sp³-hybridized carbons (Fsp3) is 0.526. The zero-order valence-electron chi connectivity index (χ0n) is 15.8. The molecule has 0 amide bonds. The Morgan fingerprint density at radius 3 is 2.63 bits per heavy atom. The first kappa shape index (κ1) is 19.4. The van der Waals surface area contributed by atoms with Crippen molar-refractivity contribution in [3.8, 4) is 0 Å². The third kappa shape index (κ3) is 4.00. The largest absolute Gasteiger partial charge is 0.462 e. The van der Waals surface area contributed by atoms with Crippen LogP contribution >= 0.6 is 11.3 Å². The Hall–Kier alpha value is -2.35. The number of thiophene rings is 1. The third-order valence-corrected chi connectivity index (χ3v) is 5.64. The van der Waals surface area contributed by atoms with Crippen molar-refractivity contribution in [2.75, 3.05) is 11.9 Å². The van der Waals surface area contributed by atoms with Gasteiger partial charge in [-0.1, -0.05) is 6.92 Å². The predicted molar refractivity (Wildman–Crippen MR) is 99.4 cm³/mol. The van der Waals surface area contributed by atoms with Gasteiger partial charge in [-0.25, -0.2) is 14.4 Å². The zero-order valence-corrected chi connectivity index (χ0v) is 16.7. The lowest BCUT2D eigenvalue weighted by molar-refractivity contribution is -0.222. The van der Waals surface area contributed by atoms with Gasteiger partial charge in [-0.3, -0.25) is 0 Å². The Balaban J connectivity index is 1.91. The minimum absolute atomic E-state index is 0.246. The molecule has 0 saturated carbocycles. The van der Waals surface area contributed by atoms with Crippen molar-refractivity contribution in [1.29, 1.82) is 0 Å². The van der Waals surface area contributed by atoms with E-state index < -0.39 is 23.7 Å². The van der Waals surface area contributed by atoms with Crippen LogP contribution in [-0.4, -0.2) is 30.3 Å². The number of carbonyl (C=O) groups excluding carboxylic acids is 3. The maximum absolute atomic E-state index is 12.5. The Kier molecular flexibility index (Phi) is 5.28. The summed E-state index contributed by atoms with van der Waals surface area (Å²) >= 11 is 1.45. The van der Waals surface area contributed by atoms with Crippen LogP contribution in [0.3, 0.4) is 0 Å². The Morgan fingerprint density at radius 1 is 1.33 bits per heavy atom. The molecule has 1 N–H and O–H groups in total. The average molecular weight is 393 g/mol. The highest BCUT2D eigenvalue weighted by Gasteiger charge is 2.39. The molecule has 0 radical (unpaired) electrons. The van der Waals surface area contributed by atoms with Crippen molar-refractivity contribution in [3.05, 3.63) is 27.8 Å². The summed E-state index contributed by atoms with van der Waals surface area (Å²) in [6, 6.07) is 0. The molecule has 27 heavy (non-hydrogen) atoms. The molecule has 0 unspecified atom stereocenters. The van der Waals surface area contributed by atoms with E-state index in [4.69, 9.17) is 14.2 Å². The van der Waals surface area contributed by atoms with Gasteiger partial charge in [0, 0.05) is 24.9 Å². The first-order valence-corrected chi connectivity index (χ1v) is 9.78. The van der Waals surface area contributed by atoms with Crippen molar-refractivity contribution in [2.24, 2.45) is 5.92 Å². The molecule has 0 aromatic carbocycles. The van der Waals surface area contributed by atoms with Crippen molar-refractivity contribution in [2.45, 2.75) is 52.7 Å². The molecule has 0 bridgehead atoms. The smallest absolute Gasteiger partial charge is 0.350 e. The van der Waals surface area contributed by atoms with Gasteiger partial charge >= 0.3 is 17.9 Å². The second-order valence-corrected chi connectivity index (χ2v) is 8.26. The molecule has 1 fully saturated rings. The fourth-order valence-corrected chi connectivity index (χ4v) is 4.56. The standard InChI is InChI=1S/C19H23NO6S/c1-5-24-18(23)14-11-7-6-10(2)8-13(11)27-15(14)20-9-12-16(21)25-19(3,4)26-17(12)22/h9-10,20H,5-8H2,1-4H3/t10-/m0/s1. The summed E-state index contributed by atoms with van der Waals surface area (Å²) in [6.45, 7) is 7.18. The summed E-state index contributed by atoms with van der Waals surface area (Å²) in [7, 11) is 0. The SMILES string of the molecule is CCOC(=O)c1c(NC=C2C(=O)OC(C)(C)OC2=O)sc2c1CC[C@H](C)C2. The summed E-state index contributed by atoms with van der Waals surface area (Å²) in [4.78, 5) is 37.8. The molecule has 1 aromatic rings. The van der Waals surface area contributed by atoms with Gasteiger partial charge in [-0.2, -0.15) is 0 Å². The first-order valence-electron chi connectivity index (χ1n) is 8.97. The monoisotopic (exact) mass is 393 g/mol. The highest BCUT2D eigenvalue weighted by Crippen LogP contribution is 2.40. The third-order valence-electron chi connectivity index (χ3n) is 4.46. The van der Waals surface area contributed by atoms with Crippen LogP contribution in [0.1, 0.15) is 54.9 Å². The highest BCUT2D eigenvalue weighted by molar-refractivity contribution is 7.16. The van der Waals surface area contributed by atoms with Gasteiger partial charge in [0.25, 0.3) is 5.79 Å². The van der Waals surface area contributed by atoms with E-state index in [9.17, 15) is 14.4 Å². The summed E-state index contributed by atoms with van der Waals surface area (Å²) in [6.07, 6.45) is 3.94. The summed E-state index contributed by atoms with van der Waals surface area (Å²) in [5, 5.41) is 3.50. The Morgan fingerprint density at radius 2 is 2.00 bits per heavy atom. The predicted octanol–water partition coefficient (Wildman–Crippen LogP) is 3.18. The molecule has 2 heterocycles. The molecular formula is C19H23NO6S. The minimum Gasteiger partial charge on any atom is -0.462 e. The first-order chi connectivity index (χ1) is 12.7. The van der Waals surface area contributed by atoms with E-state index >= 15 is 0 Å². The normalized spacial score (nSPS) is 21.0. The van der Waals surface area contributed by atoms with Crippen LogP contribution < -0.4 is 5.32 Å². The van der Waals surface area contributed by atoms with Gasteiger partial charge in [0.2, 0.25) is 0 Å². The molecule has 0 spiro atoms. The van der Waals surface area contributed by atoms with Crippen molar-refractivity contribution in [1.82, 2.24) is 0 Å². The number of ether oxygens (including phenoxy) is 3. The van der Waals surface area contributed by atoms with E-state index in [1.165, 1.54) is 31.4 Å². The van der Waals surface area contributed by atoms with Gasteiger partial charge in [-0.15, -0.1) is 11.3 Å². The summed E-state index contributed by atoms with van der Waals surface area (Å²) < 4.78 is 15.4. The van der Waals surface area contributed by atoms with Crippen molar-refractivity contribution >= 4 is 34.2 Å². The lowest BCUT2D eigenvalue weighted by Crippen LogP contribution is -2.42. The van der Waals surface area contributed by atoms with E-state index in [0.717, 1.165) is 29.7 Å². The number of hydrogen-bond acceptors (Lipinski definition) is 8. The molecule has 1 saturated heterocycles. The van der Waals surface area contributed by atoms with E-state index in [2.05, 4.69) is 12.2 Å². The fourth-order valence-electron chi connectivity index (χ4n) is 3.19. The zero-order chi connectivity index (χ0) is 19.8. The van der Waals surface area contributed by atoms with Crippen molar-refractivity contribution < 1.29 is 28.6 Å². The van der Waals surface area contributed by atoms with Crippen LogP contribution in [-0.2, 0) is 36.6 Å². The minimum atomic E-state index is -1.29. The quantitative estimate of drug-likeness (QED) is 0.477. The maximum atomic E-state index is 12.5. The number of fused-ring (bicyclic) bond motifs is 1. The second-order valence-electron chi connectivity index (χ2n) is 7.16. The van der Waals surface area contributed by atoms with Crippen LogP contribution in [0.25, 0.3) is 0 Å². The van der Waals surface area contributed by atoms with Crippen LogP contribution in [0.2, 0.25) is 0 Å². The number of nitrogens with one attached hydrogen (secondary N) is 1. The molecule has 3 rings (SSSR count). The Labute approximate surface area is 161 Å². The lowest BCUT2D eigenvalue weighted by Gasteiger charge is -2.29. The van der Waals surface area contributed by atoms with Gasteiger partial charge in [0.15, 0.2) is 5.57 Å². The van der Waals surface area contributed by atoms with Gasteiger partial charge < -0.3 is 19.5 Å². The molecule has 1 aromatic heterocycles. The molecule has 146 valence electrons. The number of esters is 3. The summed E-state index contributed by atoms with van der Waals surface area (Å²) in [5.74, 6) is -2.68.